The van der Waals surface area contributed by atoms with E-state index in [0.717, 1.165) is 30.6 Å². The molecule has 1 fully saturated rings. The van der Waals surface area contributed by atoms with Crippen molar-refractivity contribution in [2.75, 3.05) is 18.4 Å². The molecule has 32 heavy (non-hydrogen) atoms. The van der Waals surface area contributed by atoms with Crippen molar-refractivity contribution < 1.29 is 14.3 Å². The molecule has 0 atom stereocenters. The fourth-order valence-electron chi connectivity index (χ4n) is 4.16. The van der Waals surface area contributed by atoms with Gasteiger partial charge in [-0.25, -0.2) is 0 Å². The largest absolute Gasteiger partial charge is 0.451 e. The zero-order valence-electron chi connectivity index (χ0n) is 17.4. The Morgan fingerprint density at radius 3 is 2.62 bits per heavy atom. The number of halogens is 1. The molecule has 2 N–H and O–H groups in total. The van der Waals surface area contributed by atoms with E-state index in [1.165, 1.54) is 4.88 Å². The van der Waals surface area contributed by atoms with Gasteiger partial charge in [0.2, 0.25) is 0 Å². The Morgan fingerprint density at radius 1 is 1.12 bits per heavy atom. The van der Waals surface area contributed by atoms with Gasteiger partial charge in [0.15, 0.2) is 5.76 Å². The molecule has 7 heteroatoms. The number of aliphatic hydroxyl groups is 1. The molecule has 2 aromatic heterocycles. The number of nitrogens with zero attached hydrogens (tertiary/aromatic N) is 1. The summed E-state index contributed by atoms with van der Waals surface area (Å²) >= 11 is 7.66. The first kappa shape index (κ1) is 21.2. The first-order valence-corrected chi connectivity index (χ1v) is 11.8. The normalized spacial score (nSPS) is 16.3. The number of nitrogens with one attached hydrogen (secondary N) is 1. The summed E-state index contributed by atoms with van der Waals surface area (Å²) in [5, 5.41) is 17.7. The van der Waals surface area contributed by atoms with Crippen LogP contribution in [0.1, 0.15) is 33.8 Å². The minimum atomic E-state index is -0.872. The molecular formula is C25H23ClN2O3S. The van der Waals surface area contributed by atoms with Crippen LogP contribution in [0, 0.1) is 0 Å². The van der Waals surface area contributed by atoms with Gasteiger partial charge in [-0.3, -0.25) is 9.69 Å². The molecule has 0 radical (unpaired) electrons. The van der Waals surface area contributed by atoms with Gasteiger partial charge in [-0.1, -0.05) is 23.7 Å². The van der Waals surface area contributed by atoms with E-state index in [1.807, 2.05) is 18.2 Å². The van der Waals surface area contributed by atoms with Crippen LogP contribution in [-0.2, 0) is 12.1 Å². The lowest BCUT2D eigenvalue weighted by Crippen LogP contribution is -2.42. The average molecular weight is 467 g/mol. The molecule has 0 aliphatic carbocycles. The Kier molecular flexibility index (Phi) is 5.78. The summed E-state index contributed by atoms with van der Waals surface area (Å²) in [5.41, 5.74) is 1.26. The number of hydrogen-bond acceptors (Lipinski definition) is 5. The van der Waals surface area contributed by atoms with Crippen LogP contribution in [0.2, 0.25) is 5.02 Å². The maximum atomic E-state index is 12.6. The predicted molar refractivity (Wildman–Crippen MR) is 128 cm³/mol. The lowest BCUT2D eigenvalue weighted by atomic mass is 9.84. The highest BCUT2D eigenvalue weighted by Crippen LogP contribution is 2.35. The van der Waals surface area contributed by atoms with Gasteiger partial charge in [-0.05, 0) is 72.3 Å². The molecule has 0 unspecified atom stereocenters. The molecule has 0 bridgehead atoms. The first-order valence-electron chi connectivity index (χ1n) is 10.6. The third-order valence-electron chi connectivity index (χ3n) is 6.02. The van der Waals surface area contributed by atoms with E-state index in [2.05, 4.69) is 27.7 Å². The van der Waals surface area contributed by atoms with Crippen LogP contribution in [0.25, 0.3) is 11.0 Å². The van der Waals surface area contributed by atoms with Gasteiger partial charge in [0.05, 0.1) is 5.60 Å². The molecule has 5 rings (SSSR count). The van der Waals surface area contributed by atoms with Gasteiger partial charge < -0.3 is 14.8 Å². The smallest absolute Gasteiger partial charge is 0.291 e. The van der Waals surface area contributed by atoms with Gasteiger partial charge >= 0.3 is 0 Å². The maximum Gasteiger partial charge on any atom is 0.291 e. The second kappa shape index (κ2) is 8.71. The quantitative estimate of drug-likeness (QED) is 0.385. The number of likely N-dealkylation sites (tertiary alicyclic amines) is 1. The summed E-state index contributed by atoms with van der Waals surface area (Å²) in [4.78, 5) is 16.3. The Labute approximate surface area is 195 Å². The van der Waals surface area contributed by atoms with Crippen LogP contribution in [0.15, 0.2) is 70.5 Å². The number of thiophene rings is 1. The summed E-state index contributed by atoms with van der Waals surface area (Å²) in [6.07, 6.45) is 1.34. The molecule has 2 aromatic carbocycles. The number of hydrogen-bond donors (Lipinski definition) is 2. The van der Waals surface area contributed by atoms with Crippen molar-refractivity contribution in [1.29, 1.82) is 0 Å². The molecule has 4 aromatic rings. The van der Waals surface area contributed by atoms with Crippen molar-refractivity contribution in [3.05, 3.63) is 87.3 Å². The standard InChI is InChI=1S/C25H23ClN2O3S/c26-19-4-6-20(7-5-19)27-24(29)23-15-17-14-18(3-8-22(17)31-23)25(30)9-11-28(12-10-25)16-21-2-1-13-32-21/h1-8,13-15,30H,9-12,16H2,(H,27,29). The van der Waals surface area contributed by atoms with E-state index >= 15 is 0 Å². The van der Waals surface area contributed by atoms with E-state index in [0.29, 0.717) is 29.1 Å². The summed E-state index contributed by atoms with van der Waals surface area (Å²) in [6, 6.07) is 18.5. The minimum absolute atomic E-state index is 0.227. The van der Waals surface area contributed by atoms with E-state index in [4.69, 9.17) is 16.0 Å². The fraction of sp³-hybridized carbons (Fsp3) is 0.240. The SMILES string of the molecule is O=C(Nc1ccc(Cl)cc1)c1cc2cc(C3(O)CCN(Cc4cccs4)CC3)ccc2o1. The van der Waals surface area contributed by atoms with Gasteiger partial charge in [0.1, 0.15) is 5.58 Å². The molecule has 0 spiro atoms. The Bertz CT molecular complexity index is 1230. The number of amides is 1. The highest BCUT2D eigenvalue weighted by molar-refractivity contribution is 7.09. The predicted octanol–water partition coefficient (Wildman–Crippen LogP) is 5.88. The number of carbonyl (C=O) groups excluding carboxylic acids is 1. The number of fused-ring (bicyclic) bond motifs is 1. The molecule has 3 heterocycles. The van der Waals surface area contributed by atoms with Crippen LogP contribution < -0.4 is 5.32 Å². The van der Waals surface area contributed by atoms with Gasteiger partial charge in [0, 0.05) is 40.6 Å². The Morgan fingerprint density at radius 2 is 1.91 bits per heavy atom. The van der Waals surface area contributed by atoms with E-state index < -0.39 is 5.60 Å². The highest BCUT2D eigenvalue weighted by atomic mass is 35.5. The molecule has 164 valence electrons. The Balaban J connectivity index is 1.29. The number of furan rings is 1. The van der Waals surface area contributed by atoms with Gasteiger partial charge in [0.25, 0.3) is 5.91 Å². The number of rotatable bonds is 5. The lowest BCUT2D eigenvalue weighted by molar-refractivity contribution is -0.0274. The second-order valence-electron chi connectivity index (χ2n) is 8.21. The van der Waals surface area contributed by atoms with Crippen molar-refractivity contribution in [2.24, 2.45) is 0 Å². The number of benzene rings is 2. The number of carbonyl (C=O) groups is 1. The minimum Gasteiger partial charge on any atom is -0.451 e. The average Bonchev–Trinajstić information content (AvgIpc) is 3.46. The third kappa shape index (κ3) is 4.45. The Hall–Kier alpha value is -2.64. The van der Waals surface area contributed by atoms with Crippen molar-refractivity contribution in [3.63, 3.8) is 0 Å². The monoisotopic (exact) mass is 466 g/mol. The summed E-state index contributed by atoms with van der Waals surface area (Å²) < 4.78 is 5.75. The number of piperidine rings is 1. The van der Waals surface area contributed by atoms with Crippen LogP contribution in [-0.4, -0.2) is 29.0 Å². The van der Waals surface area contributed by atoms with Crippen molar-refractivity contribution in [2.45, 2.75) is 25.0 Å². The summed E-state index contributed by atoms with van der Waals surface area (Å²) in [7, 11) is 0. The zero-order chi connectivity index (χ0) is 22.1. The van der Waals surface area contributed by atoms with Crippen molar-refractivity contribution in [1.82, 2.24) is 4.90 Å². The van der Waals surface area contributed by atoms with Gasteiger partial charge in [-0.2, -0.15) is 0 Å². The molecule has 1 saturated heterocycles. The molecule has 1 aliphatic rings. The van der Waals surface area contributed by atoms with Crippen LogP contribution in [0.5, 0.6) is 0 Å². The molecular weight excluding hydrogens is 444 g/mol. The highest BCUT2D eigenvalue weighted by Gasteiger charge is 2.34. The molecule has 1 amide bonds. The zero-order valence-corrected chi connectivity index (χ0v) is 19.0. The topological polar surface area (TPSA) is 65.7 Å². The van der Waals surface area contributed by atoms with Crippen LogP contribution >= 0.6 is 22.9 Å². The lowest BCUT2D eigenvalue weighted by Gasteiger charge is -2.38. The van der Waals surface area contributed by atoms with E-state index in [9.17, 15) is 9.90 Å². The maximum absolute atomic E-state index is 12.6. The summed E-state index contributed by atoms with van der Waals surface area (Å²) in [5.74, 6) is -0.101. The van der Waals surface area contributed by atoms with E-state index in [1.54, 1.807) is 41.7 Å². The first-order chi connectivity index (χ1) is 15.5. The van der Waals surface area contributed by atoms with Gasteiger partial charge in [-0.15, -0.1) is 11.3 Å². The third-order valence-corrected chi connectivity index (χ3v) is 7.14. The number of anilines is 1. The second-order valence-corrected chi connectivity index (χ2v) is 9.68. The van der Waals surface area contributed by atoms with E-state index in [-0.39, 0.29) is 11.7 Å². The van der Waals surface area contributed by atoms with Crippen molar-refractivity contribution >= 4 is 45.5 Å². The fourth-order valence-corrected chi connectivity index (χ4v) is 5.04. The molecule has 1 aliphatic heterocycles. The molecule has 0 saturated carbocycles. The van der Waals surface area contributed by atoms with Crippen molar-refractivity contribution in [3.8, 4) is 0 Å². The van der Waals surface area contributed by atoms with Crippen LogP contribution in [0.4, 0.5) is 5.69 Å². The molecule has 5 nitrogen and oxygen atoms in total. The van der Waals surface area contributed by atoms with Crippen LogP contribution in [0.3, 0.4) is 0 Å². The summed E-state index contributed by atoms with van der Waals surface area (Å²) in [6.45, 7) is 2.61.